The number of aliphatic hydroxyl groups excluding tert-OH is 3. The number of nitrogens with one attached hydrogen (secondary N) is 1. The highest BCUT2D eigenvalue weighted by Gasteiger charge is 2.38. The number of rotatable bonds is 13. The van der Waals surface area contributed by atoms with Gasteiger partial charge >= 0.3 is 0 Å². The minimum Gasteiger partial charge on any atom is -0.491 e. The number of hydrogen-bond donors (Lipinski definition) is 4. The maximum atomic E-state index is 13.0. The minimum atomic E-state index is -0.564. The molecule has 4 saturated heterocycles. The number of carbonyl (C=O) groups is 2. The second kappa shape index (κ2) is 26.6. The summed E-state index contributed by atoms with van der Waals surface area (Å²) in [7, 11) is 0. The quantitative estimate of drug-likeness (QED) is 0.0990. The van der Waals surface area contributed by atoms with E-state index >= 15 is 0 Å². The number of aryl methyl sites for hydroxylation is 2. The van der Waals surface area contributed by atoms with Gasteiger partial charge in [-0.2, -0.15) is 0 Å². The lowest BCUT2D eigenvalue weighted by Gasteiger charge is -2.37. The van der Waals surface area contributed by atoms with Crippen molar-refractivity contribution in [2.45, 2.75) is 57.2 Å². The summed E-state index contributed by atoms with van der Waals surface area (Å²) < 4.78 is 13.8. The number of halogens is 1. The highest BCUT2D eigenvalue weighted by molar-refractivity contribution is 7.18. The number of thiazole rings is 2. The number of aromatic nitrogens is 2. The van der Waals surface area contributed by atoms with E-state index in [1.807, 2.05) is 116 Å². The lowest BCUT2D eigenvalue weighted by atomic mass is 10.1. The van der Waals surface area contributed by atoms with Gasteiger partial charge in [-0.25, -0.2) is 9.97 Å². The minimum absolute atomic E-state index is 0.0212. The molecule has 10 rings (SSSR count). The lowest BCUT2D eigenvalue weighted by Crippen LogP contribution is -2.54. The normalized spacial score (nSPS) is 19.8. The Bertz CT molecular complexity index is 2540. The molecule has 376 valence electrons. The van der Waals surface area contributed by atoms with Gasteiger partial charge in [0.05, 0.1) is 36.5 Å². The smallest absolute Gasteiger partial charge is 0.245 e. The van der Waals surface area contributed by atoms with E-state index < -0.39 is 12.2 Å². The molecule has 0 saturated carbocycles. The summed E-state index contributed by atoms with van der Waals surface area (Å²) in [5, 5.41) is 33.2. The topological polar surface area (TPSA) is 167 Å². The monoisotopic (exact) mass is 1010 g/mol. The number of piperazine rings is 2. The molecule has 2 unspecified atom stereocenters. The van der Waals surface area contributed by atoms with Gasteiger partial charge in [-0.3, -0.25) is 24.3 Å². The summed E-state index contributed by atoms with van der Waals surface area (Å²) >= 11 is 9.16. The predicted octanol–water partition coefficient (Wildman–Crippen LogP) is 6.05. The molecule has 4 atom stereocenters. The van der Waals surface area contributed by atoms with Crippen LogP contribution in [-0.2, 0) is 9.59 Å². The Morgan fingerprint density at radius 1 is 0.657 bits per heavy atom. The Kier molecular flexibility index (Phi) is 20.1. The second-order valence-electron chi connectivity index (χ2n) is 17.6. The predicted molar refractivity (Wildman–Crippen MR) is 282 cm³/mol. The Hall–Kier alpha value is -4.79. The third kappa shape index (κ3) is 15.1. The maximum Gasteiger partial charge on any atom is 0.245 e. The highest BCUT2D eigenvalue weighted by atomic mass is 35.5. The molecular formula is C52H67ClN8O7S2. The number of carbonyl (C=O) groups excluding carboxylic acids is 2. The van der Waals surface area contributed by atoms with Gasteiger partial charge in [0.15, 0.2) is 0 Å². The third-order valence-electron chi connectivity index (χ3n) is 12.3. The van der Waals surface area contributed by atoms with Crippen molar-refractivity contribution in [3.63, 3.8) is 0 Å². The van der Waals surface area contributed by atoms with E-state index in [0.29, 0.717) is 19.7 Å². The first kappa shape index (κ1) is 53.0. The van der Waals surface area contributed by atoms with Crippen molar-refractivity contribution in [1.82, 2.24) is 30.0 Å². The number of alkyl halides is 1. The molecule has 4 N–H and O–H groups in total. The van der Waals surface area contributed by atoms with Gasteiger partial charge in [0.1, 0.15) is 42.3 Å². The summed E-state index contributed by atoms with van der Waals surface area (Å²) in [6, 6.07) is 31.3. The zero-order valence-electron chi connectivity index (χ0n) is 40.4. The molecule has 4 aromatic carbocycles. The third-order valence-corrected chi connectivity index (χ3v) is 14.6. The molecule has 0 radical (unpaired) electrons. The largest absolute Gasteiger partial charge is 0.491 e. The first-order valence-corrected chi connectivity index (χ1v) is 26.3. The Morgan fingerprint density at radius 2 is 1.11 bits per heavy atom. The summed E-state index contributed by atoms with van der Waals surface area (Å²) in [5.74, 6) is 1.73. The summed E-state index contributed by atoms with van der Waals surface area (Å²) in [6.45, 7) is 16.6. The molecule has 6 heterocycles. The molecule has 0 aliphatic carbocycles. The van der Waals surface area contributed by atoms with Gasteiger partial charge < -0.3 is 39.9 Å². The molecule has 0 spiro atoms. The number of aliphatic hydroxyl groups is 3. The molecule has 6 aromatic rings. The van der Waals surface area contributed by atoms with Gasteiger partial charge in [-0.15, -0.1) is 34.3 Å². The average molecular weight is 1020 g/mol. The first-order chi connectivity index (χ1) is 34.0. The number of amides is 2. The van der Waals surface area contributed by atoms with Crippen LogP contribution in [0.3, 0.4) is 0 Å². The van der Waals surface area contributed by atoms with E-state index in [1.165, 1.54) is 4.70 Å². The van der Waals surface area contributed by atoms with E-state index in [0.717, 1.165) is 127 Å². The molecule has 4 aliphatic rings. The average Bonchev–Trinajstić information content (AvgIpc) is 4.15. The number of hydrogen-bond acceptors (Lipinski definition) is 15. The highest BCUT2D eigenvalue weighted by Crippen LogP contribution is 2.28. The summed E-state index contributed by atoms with van der Waals surface area (Å²) in [5.41, 5.74) is 3.82. The van der Waals surface area contributed by atoms with Gasteiger partial charge in [0.2, 0.25) is 11.8 Å². The van der Waals surface area contributed by atoms with Crippen molar-refractivity contribution in [2.24, 2.45) is 0 Å². The number of benzene rings is 4. The molecule has 4 fully saturated rings. The van der Waals surface area contributed by atoms with Crippen molar-refractivity contribution < 1.29 is 34.4 Å². The van der Waals surface area contributed by atoms with E-state index in [2.05, 4.69) is 30.0 Å². The van der Waals surface area contributed by atoms with Crippen LogP contribution in [0.1, 0.15) is 29.8 Å². The van der Waals surface area contributed by atoms with E-state index in [1.54, 1.807) is 34.5 Å². The zero-order chi connectivity index (χ0) is 49.4. The van der Waals surface area contributed by atoms with Crippen molar-refractivity contribution in [1.29, 1.82) is 0 Å². The van der Waals surface area contributed by atoms with Crippen LogP contribution in [0.2, 0.25) is 0 Å². The number of ether oxygens (including phenoxy) is 2. The second-order valence-corrected chi connectivity index (χ2v) is 20.6. The number of β-amino-alcohol motifs (C(OH)–C–C–N with tert-alkyl or cyclic N) is 2. The van der Waals surface area contributed by atoms with Crippen molar-refractivity contribution >= 4 is 77.9 Å². The van der Waals surface area contributed by atoms with Crippen LogP contribution in [-0.4, -0.2) is 174 Å². The molecule has 4 aliphatic heterocycles. The van der Waals surface area contributed by atoms with Crippen molar-refractivity contribution in [2.75, 3.05) is 108 Å². The number of anilines is 2. The van der Waals surface area contributed by atoms with Gasteiger partial charge in [-0.1, -0.05) is 36.4 Å². The van der Waals surface area contributed by atoms with Crippen LogP contribution in [0.25, 0.3) is 20.4 Å². The van der Waals surface area contributed by atoms with Crippen LogP contribution < -0.4 is 24.6 Å². The fourth-order valence-corrected chi connectivity index (χ4v) is 10.7. The number of para-hydroxylation sites is 2. The maximum absolute atomic E-state index is 13.0. The van der Waals surface area contributed by atoms with Crippen LogP contribution >= 0.6 is 34.3 Å². The molecule has 15 nitrogen and oxygen atoms in total. The van der Waals surface area contributed by atoms with E-state index in [9.17, 15) is 19.8 Å². The fraction of sp³-hybridized carbons (Fsp3) is 0.462. The number of fused-ring (bicyclic) bond motifs is 2. The van der Waals surface area contributed by atoms with Gasteiger partial charge in [0, 0.05) is 109 Å². The lowest BCUT2D eigenvalue weighted by molar-refractivity contribution is -0.122. The molecule has 18 heteroatoms. The van der Waals surface area contributed by atoms with Crippen LogP contribution in [0.4, 0.5) is 11.4 Å². The Morgan fingerprint density at radius 3 is 1.59 bits per heavy atom. The standard InChI is InChI=1S/C25H30N4O3S.C15H21N3O2S.C10H10ClNO.C2H6O/c1-18-26-22-15-21(7-8-24(22)33-18)32-17-20(30)16-27-11-13-28(14-12-27)23-9-10-29(25(23)31)19-5-3-2-4-6-19;1-11-17-14-8-13(2-3-15(14)21-11)20-10-12(19)9-18-6-4-16-5-7-18;11-9-6-7-12(10(9)13)8-4-2-1-3-5-8;1-2-3/h2-8,15,20,23,30H,9-14,16-17H2,1H3;2-3,8,12,16,19H,4-7,9-10H2,1H3;1-5,9H,6-7H2;3H,2H2,1H3/t20-,23?;12-;;/m11../s1. The van der Waals surface area contributed by atoms with Gasteiger partial charge in [-0.05, 0) is 82.1 Å². The molecular weight excluding hydrogens is 948 g/mol. The molecule has 2 amide bonds. The van der Waals surface area contributed by atoms with Crippen LogP contribution in [0.15, 0.2) is 97.1 Å². The van der Waals surface area contributed by atoms with Crippen LogP contribution in [0.5, 0.6) is 11.5 Å². The van der Waals surface area contributed by atoms with Crippen molar-refractivity contribution in [3.8, 4) is 11.5 Å². The fourth-order valence-electron chi connectivity index (χ4n) is 8.84. The SMILES string of the molecule is CCO.Cc1nc2cc(OC[C@H](O)CN3CCN(C4CCN(c5ccccc5)C4=O)CC3)ccc2s1.Cc1nc2cc(OC[C@H](O)CN3CCNCC3)ccc2s1.O=C1C(Cl)CCN1c1ccccc1. The molecule has 70 heavy (non-hydrogen) atoms. The Balaban J connectivity index is 0.000000166. The number of nitrogens with zero attached hydrogens (tertiary/aromatic N) is 7. The molecule has 0 bridgehead atoms. The molecule has 2 aromatic heterocycles. The zero-order valence-corrected chi connectivity index (χ0v) is 42.8. The first-order valence-electron chi connectivity index (χ1n) is 24.2. The van der Waals surface area contributed by atoms with Crippen LogP contribution in [0, 0.1) is 13.8 Å². The Labute approximate surface area is 424 Å². The van der Waals surface area contributed by atoms with Gasteiger partial charge in [0.25, 0.3) is 0 Å². The summed E-state index contributed by atoms with van der Waals surface area (Å²) in [4.78, 5) is 43.9. The summed E-state index contributed by atoms with van der Waals surface area (Å²) in [6.07, 6.45) is 0.588. The van der Waals surface area contributed by atoms with Crippen molar-refractivity contribution in [3.05, 3.63) is 107 Å². The van der Waals surface area contributed by atoms with E-state index in [4.69, 9.17) is 26.2 Å². The van der Waals surface area contributed by atoms with E-state index in [-0.39, 0.29) is 36.4 Å².